The first-order valence-electron chi connectivity index (χ1n) is 7.65. The molecule has 0 atom stereocenters. The largest absolute Gasteiger partial charge is 0.369 e. The molecule has 1 aromatic heterocycles. The lowest BCUT2D eigenvalue weighted by Gasteiger charge is -2.24. The van der Waals surface area contributed by atoms with Crippen LogP contribution in [0.3, 0.4) is 0 Å². The van der Waals surface area contributed by atoms with E-state index in [0.29, 0.717) is 21.7 Å². The number of hydrogen-bond donors (Lipinski definition) is 2. The van der Waals surface area contributed by atoms with Crippen LogP contribution in [0, 0.1) is 0 Å². The zero-order chi connectivity index (χ0) is 15.2. The molecule has 0 amide bonds. The number of nitrogens with zero attached hydrogens (tertiary/aromatic N) is 2. The molecule has 21 heavy (non-hydrogen) atoms. The van der Waals surface area contributed by atoms with Gasteiger partial charge >= 0.3 is 0 Å². The highest BCUT2D eigenvalue weighted by atomic mass is 35.5. The number of likely N-dealkylation sites (N-methyl/N-ethyl adjacent to an activating group) is 1. The van der Waals surface area contributed by atoms with Crippen LogP contribution in [0.2, 0.25) is 10.0 Å². The third kappa shape index (κ3) is 4.63. The molecule has 0 spiro atoms. The first-order valence-corrected chi connectivity index (χ1v) is 8.41. The van der Waals surface area contributed by atoms with E-state index in [-0.39, 0.29) is 0 Å². The second-order valence-corrected chi connectivity index (χ2v) is 6.34. The van der Waals surface area contributed by atoms with Crippen molar-refractivity contribution in [3.05, 3.63) is 16.1 Å². The van der Waals surface area contributed by atoms with Gasteiger partial charge in [-0.25, -0.2) is 4.98 Å². The number of aromatic nitrogens is 1. The molecular formula is C15H24Cl2N4. The van der Waals surface area contributed by atoms with E-state index in [1.807, 2.05) is 6.92 Å². The molecular weight excluding hydrogens is 307 g/mol. The molecule has 1 aliphatic carbocycles. The molecule has 2 N–H and O–H groups in total. The molecule has 0 unspecified atom stereocenters. The van der Waals surface area contributed by atoms with Crippen molar-refractivity contribution in [1.29, 1.82) is 0 Å². The second-order valence-electron chi connectivity index (χ2n) is 5.53. The summed E-state index contributed by atoms with van der Waals surface area (Å²) in [6.45, 7) is 4.60. The van der Waals surface area contributed by atoms with Crippen molar-refractivity contribution in [1.82, 2.24) is 9.88 Å². The van der Waals surface area contributed by atoms with Crippen LogP contribution in [0.5, 0.6) is 0 Å². The van der Waals surface area contributed by atoms with Crippen LogP contribution < -0.4 is 10.6 Å². The summed E-state index contributed by atoms with van der Waals surface area (Å²) in [5.41, 5.74) is 0. The molecule has 118 valence electrons. The molecule has 0 radical (unpaired) electrons. The number of pyridine rings is 1. The first kappa shape index (κ1) is 16.7. The zero-order valence-corrected chi connectivity index (χ0v) is 14.3. The van der Waals surface area contributed by atoms with E-state index in [1.54, 1.807) is 6.07 Å². The average Bonchev–Trinajstić information content (AvgIpc) is 2.98. The fraction of sp³-hybridized carbons (Fsp3) is 0.667. The summed E-state index contributed by atoms with van der Waals surface area (Å²) in [7, 11) is 2.19. The Morgan fingerprint density at radius 1 is 1.19 bits per heavy atom. The van der Waals surface area contributed by atoms with E-state index in [1.165, 1.54) is 25.7 Å². The zero-order valence-electron chi connectivity index (χ0n) is 12.8. The van der Waals surface area contributed by atoms with E-state index in [0.717, 1.165) is 25.7 Å². The van der Waals surface area contributed by atoms with Crippen LogP contribution in [-0.4, -0.2) is 42.6 Å². The lowest BCUT2D eigenvalue weighted by molar-refractivity contribution is 0.254. The molecule has 0 aromatic carbocycles. The highest BCUT2D eigenvalue weighted by molar-refractivity contribution is 6.37. The van der Waals surface area contributed by atoms with Gasteiger partial charge in [-0.3, -0.25) is 0 Å². The third-order valence-corrected chi connectivity index (χ3v) is 4.55. The fourth-order valence-corrected chi connectivity index (χ4v) is 3.25. The van der Waals surface area contributed by atoms with E-state index in [2.05, 4.69) is 27.6 Å². The minimum Gasteiger partial charge on any atom is -0.369 e. The molecule has 1 saturated carbocycles. The standard InChI is InChI=1S/C15H24Cl2N4/c1-3-18-14-12(16)10-13(17)15(20-14)19-8-9-21(2)11-6-4-5-7-11/h10-11H,3-9H2,1-2H3,(H2,18,19,20). The average molecular weight is 331 g/mol. The molecule has 2 rings (SSSR count). The first-order chi connectivity index (χ1) is 10.1. The Labute approximate surface area is 137 Å². The van der Waals surface area contributed by atoms with Crippen LogP contribution in [0.25, 0.3) is 0 Å². The minimum absolute atomic E-state index is 0.551. The van der Waals surface area contributed by atoms with Crippen LogP contribution in [0.4, 0.5) is 11.6 Å². The summed E-state index contributed by atoms with van der Waals surface area (Å²) < 4.78 is 0. The minimum atomic E-state index is 0.551. The Hall–Kier alpha value is -0.710. The molecule has 0 saturated heterocycles. The molecule has 1 fully saturated rings. The normalized spacial score (nSPS) is 15.7. The van der Waals surface area contributed by atoms with Gasteiger partial charge in [0.25, 0.3) is 0 Å². The third-order valence-electron chi connectivity index (χ3n) is 3.98. The lowest BCUT2D eigenvalue weighted by atomic mass is 10.2. The van der Waals surface area contributed by atoms with Gasteiger partial charge in [-0.15, -0.1) is 0 Å². The quantitative estimate of drug-likeness (QED) is 0.789. The van der Waals surface area contributed by atoms with Gasteiger partial charge in [-0.2, -0.15) is 0 Å². The molecule has 1 aliphatic rings. The summed E-state index contributed by atoms with van der Waals surface area (Å²) in [6, 6.07) is 2.47. The highest BCUT2D eigenvalue weighted by Crippen LogP contribution is 2.29. The van der Waals surface area contributed by atoms with Gasteiger partial charge in [0.05, 0.1) is 10.0 Å². The van der Waals surface area contributed by atoms with Gasteiger partial charge in [-0.1, -0.05) is 36.0 Å². The Kier molecular flexibility index (Phi) is 6.40. The predicted octanol–water partition coefficient (Wildman–Crippen LogP) is 4.11. The topological polar surface area (TPSA) is 40.2 Å². The van der Waals surface area contributed by atoms with Gasteiger partial charge in [0.1, 0.15) is 11.6 Å². The summed E-state index contributed by atoms with van der Waals surface area (Å²) in [5.74, 6) is 1.37. The predicted molar refractivity (Wildman–Crippen MR) is 91.8 cm³/mol. The highest BCUT2D eigenvalue weighted by Gasteiger charge is 2.19. The van der Waals surface area contributed by atoms with Gasteiger partial charge in [-0.05, 0) is 32.9 Å². The number of rotatable bonds is 7. The van der Waals surface area contributed by atoms with E-state index in [4.69, 9.17) is 23.2 Å². The van der Waals surface area contributed by atoms with Crippen molar-refractivity contribution in [3.8, 4) is 0 Å². The van der Waals surface area contributed by atoms with Crippen LogP contribution in [0.1, 0.15) is 32.6 Å². The van der Waals surface area contributed by atoms with Crippen LogP contribution in [0.15, 0.2) is 6.07 Å². The number of halogens is 2. The van der Waals surface area contributed by atoms with Crippen LogP contribution in [-0.2, 0) is 0 Å². The second kappa shape index (κ2) is 8.06. The van der Waals surface area contributed by atoms with Gasteiger partial charge < -0.3 is 15.5 Å². The Morgan fingerprint density at radius 3 is 2.43 bits per heavy atom. The van der Waals surface area contributed by atoms with Crippen molar-refractivity contribution in [3.63, 3.8) is 0 Å². The van der Waals surface area contributed by atoms with E-state index >= 15 is 0 Å². The maximum Gasteiger partial charge on any atom is 0.147 e. The van der Waals surface area contributed by atoms with Crippen molar-refractivity contribution in [2.24, 2.45) is 0 Å². The monoisotopic (exact) mass is 330 g/mol. The van der Waals surface area contributed by atoms with Crippen molar-refractivity contribution >= 4 is 34.8 Å². The summed E-state index contributed by atoms with van der Waals surface area (Å²) in [5, 5.41) is 7.56. The summed E-state index contributed by atoms with van der Waals surface area (Å²) in [4.78, 5) is 6.88. The van der Waals surface area contributed by atoms with E-state index < -0.39 is 0 Å². The summed E-state index contributed by atoms with van der Waals surface area (Å²) in [6.07, 6.45) is 5.36. The van der Waals surface area contributed by atoms with Gasteiger partial charge in [0.15, 0.2) is 0 Å². The molecule has 0 bridgehead atoms. The Morgan fingerprint density at radius 2 is 1.81 bits per heavy atom. The Bertz CT molecular complexity index is 461. The van der Waals surface area contributed by atoms with Crippen molar-refractivity contribution in [2.75, 3.05) is 37.3 Å². The molecule has 1 heterocycles. The number of hydrogen-bond acceptors (Lipinski definition) is 4. The van der Waals surface area contributed by atoms with Crippen LogP contribution >= 0.6 is 23.2 Å². The molecule has 1 aromatic rings. The maximum absolute atomic E-state index is 6.19. The number of nitrogens with one attached hydrogen (secondary N) is 2. The SMILES string of the molecule is CCNc1nc(NCCN(C)C2CCCC2)c(Cl)cc1Cl. The van der Waals surface area contributed by atoms with Gasteiger partial charge in [0, 0.05) is 25.7 Å². The smallest absolute Gasteiger partial charge is 0.147 e. The number of anilines is 2. The van der Waals surface area contributed by atoms with Gasteiger partial charge in [0.2, 0.25) is 0 Å². The molecule has 0 aliphatic heterocycles. The maximum atomic E-state index is 6.19. The van der Waals surface area contributed by atoms with Crippen molar-refractivity contribution < 1.29 is 0 Å². The molecule has 4 nitrogen and oxygen atoms in total. The summed E-state index contributed by atoms with van der Waals surface area (Å²) >= 11 is 12.3. The fourth-order valence-electron chi connectivity index (χ4n) is 2.76. The lowest BCUT2D eigenvalue weighted by Crippen LogP contribution is -2.33. The van der Waals surface area contributed by atoms with Crippen molar-refractivity contribution in [2.45, 2.75) is 38.6 Å². The van der Waals surface area contributed by atoms with E-state index in [9.17, 15) is 0 Å². The molecule has 6 heteroatoms. The Balaban J connectivity index is 1.88.